The van der Waals surface area contributed by atoms with Gasteiger partial charge >= 0.3 is 0 Å². The Kier molecular flexibility index (Phi) is 6.41. The maximum Gasteiger partial charge on any atom is 0.221 e. The first-order chi connectivity index (χ1) is 13.5. The third-order valence-electron chi connectivity index (χ3n) is 3.45. The van der Waals surface area contributed by atoms with Gasteiger partial charge in [0, 0.05) is 34.6 Å². The van der Waals surface area contributed by atoms with Crippen LogP contribution >= 0.6 is 23.3 Å². The molecule has 142 valence electrons. The van der Waals surface area contributed by atoms with Gasteiger partial charge in [-0.3, -0.25) is 4.79 Å². The Bertz CT molecular complexity index is 988. The van der Waals surface area contributed by atoms with Crippen molar-refractivity contribution < 1.29 is 4.79 Å². The molecule has 0 spiro atoms. The van der Waals surface area contributed by atoms with Gasteiger partial charge < -0.3 is 16.4 Å². The van der Waals surface area contributed by atoms with E-state index in [1.807, 2.05) is 48.6 Å². The van der Waals surface area contributed by atoms with E-state index in [2.05, 4.69) is 31.6 Å². The van der Waals surface area contributed by atoms with Crippen molar-refractivity contribution >= 4 is 45.7 Å². The van der Waals surface area contributed by atoms with Crippen LogP contribution in [0.1, 0.15) is 6.92 Å². The Morgan fingerprint density at radius 2 is 1.96 bits per heavy atom. The van der Waals surface area contributed by atoms with E-state index >= 15 is 0 Å². The van der Waals surface area contributed by atoms with Crippen LogP contribution in [0.5, 0.6) is 0 Å². The van der Waals surface area contributed by atoms with E-state index in [4.69, 9.17) is 5.73 Å². The number of aromatic nitrogens is 2. The predicted octanol–water partition coefficient (Wildman–Crippen LogP) is 3.91. The Morgan fingerprint density at radius 1 is 1.21 bits per heavy atom. The molecule has 0 atom stereocenters. The molecule has 1 aliphatic rings. The monoisotopic (exact) mass is 410 g/mol. The van der Waals surface area contributed by atoms with E-state index in [0.29, 0.717) is 21.7 Å². The van der Waals surface area contributed by atoms with Crippen LogP contribution in [-0.2, 0) is 4.79 Å². The number of nitrogens with one attached hydrogen (secondary N) is 2. The second kappa shape index (κ2) is 9.16. The maximum atomic E-state index is 11.1. The molecule has 4 N–H and O–H groups in total. The average molecular weight is 411 g/mol. The van der Waals surface area contributed by atoms with Crippen LogP contribution in [0.2, 0.25) is 0 Å². The summed E-state index contributed by atoms with van der Waals surface area (Å²) in [4.78, 5) is 20.7. The molecule has 0 fully saturated rings. The summed E-state index contributed by atoms with van der Waals surface area (Å²) in [5.74, 6) is 0.334. The number of carbonyl (C=O) groups excluding carboxylic acids is 1. The molecule has 1 aliphatic carbocycles. The number of benzene rings is 1. The minimum atomic E-state index is -0.104. The van der Waals surface area contributed by atoms with Gasteiger partial charge in [-0.05, 0) is 36.4 Å². The SMILES string of the molecule is C=C(/N=C1/C=CC=C/C1=C(/N)Nc1ncns1)Sc1ccc(NC(C)=O)cc1. The number of allylic oxidation sites excluding steroid dienone is 5. The highest BCUT2D eigenvalue weighted by Gasteiger charge is 2.11. The zero-order valence-corrected chi connectivity index (χ0v) is 16.7. The van der Waals surface area contributed by atoms with Crippen molar-refractivity contribution in [1.29, 1.82) is 0 Å². The lowest BCUT2D eigenvalue weighted by molar-refractivity contribution is -0.114. The van der Waals surface area contributed by atoms with Gasteiger partial charge in [0.15, 0.2) is 0 Å². The zero-order valence-electron chi connectivity index (χ0n) is 15.0. The van der Waals surface area contributed by atoms with Crippen LogP contribution in [0.15, 0.2) is 87.8 Å². The van der Waals surface area contributed by atoms with E-state index in [1.165, 1.54) is 36.5 Å². The van der Waals surface area contributed by atoms with Gasteiger partial charge in [-0.15, -0.1) is 0 Å². The highest BCUT2D eigenvalue weighted by molar-refractivity contribution is 8.03. The van der Waals surface area contributed by atoms with Crippen LogP contribution in [0.25, 0.3) is 0 Å². The number of amides is 1. The van der Waals surface area contributed by atoms with Gasteiger partial charge in [0.05, 0.1) is 10.7 Å². The van der Waals surface area contributed by atoms with Crippen molar-refractivity contribution in [3.8, 4) is 0 Å². The number of rotatable bonds is 6. The van der Waals surface area contributed by atoms with Crippen LogP contribution in [0.4, 0.5) is 10.8 Å². The lowest BCUT2D eigenvalue weighted by Gasteiger charge is -2.12. The van der Waals surface area contributed by atoms with Gasteiger partial charge in [-0.2, -0.15) is 4.37 Å². The standard InChI is InChI=1S/C19H18N6OS2/c1-12(26)23-14-7-9-15(10-8-14)27-13(2)24-17-6-4-3-5-16(17)18(20)25-19-21-11-22-28-19/h3-11H,2,20H2,1H3,(H,23,26)(H,21,22,25)/b18-16+,24-17-. The second-order valence-corrected chi connectivity index (χ2v) is 7.54. The van der Waals surface area contributed by atoms with Gasteiger partial charge in [0.25, 0.3) is 0 Å². The molecule has 1 heterocycles. The van der Waals surface area contributed by atoms with E-state index in [1.54, 1.807) is 0 Å². The molecule has 2 aromatic rings. The summed E-state index contributed by atoms with van der Waals surface area (Å²) >= 11 is 2.65. The largest absolute Gasteiger partial charge is 0.385 e. The molecule has 28 heavy (non-hydrogen) atoms. The Labute approximate surface area is 171 Å². The number of nitrogens with zero attached hydrogens (tertiary/aromatic N) is 3. The smallest absolute Gasteiger partial charge is 0.221 e. The van der Waals surface area contributed by atoms with Crippen molar-refractivity contribution in [2.45, 2.75) is 11.8 Å². The van der Waals surface area contributed by atoms with E-state index in [9.17, 15) is 4.79 Å². The topological polar surface area (TPSA) is 105 Å². The summed E-state index contributed by atoms with van der Waals surface area (Å²) in [6.45, 7) is 5.50. The van der Waals surface area contributed by atoms with Crippen molar-refractivity contribution in [3.63, 3.8) is 0 Å². The fourth-order valence-corrected chi connectivity index (χ4v) is 3.44. The first-order valence-corrected chi connectivity index (χ1v) is 9.82. The summed E-state index contributed by atoms with van der Waals surface area (Å²) in [6.07, 6.45) is 8.99. The Hall–Kier alpha value is -3.17. The molecule has 0 unspecified atom stereocenters. The van der Waals surface area contributed by atoms with Gasteiger partial charge in [0.2, 0.25) is 11.0 Å². The zero-order chi connectivity index (χ0) is 19.9. The lowest BCUT2D eigenvalue weighted by atomic mass is 10.1. The first kappa shape index (κ1) is 19.6. The molecule has 1 aromatic carbocycles. The number of thioether (sulfide) groups is 1. The Balaban J connectivity index is 1.73. The van der Waals surface area contributed by atoms with Crippen molar-refractivity contribution in [1.82, 2.24) is 9.36 Å². The predicted molar refractivity (Wildman–Crippen MR) is 116 cm³/mol. The fraction of sp³-hybridized carbons (Fsp3) is 0.0526. The van der Waals surface area contributed by atoms with Crippen molar-refractivity contribution in [2.75, 3.05) is 10.6 Å². The molecule has 0 saturated carbocycles. The summed E-state index contributed by atoms with van der Waals surface area (Å²) in [6, 6.07) is 7.48. The highest BCUT2D eigenvalue weighted by Crippen LogP contribution is 2.28. The molecule has 3 rings (SSSR count). The second-order valence-electron chi connectivity index (χ2n) is 5.62. The Morgan fingerprint density at radius 3 is 2.64 bits per heavy atom. The molecule has 1 amide bonds. The minimum absolute atomic E-state index is 0.104. The average Bonchev–Trinajstić information content (AvgIpc) is 3.16. The summed E-state index contributed by atoms with van der Waals surface area (Å²) in [7, 11) is 0. The van der Waals surface area contributed by atoms with Gasteiger partial charge in [-0.1, -0.05) is 30.5 Å². The number of hydrogen-bond acceptors (Lipinski definition) is 8. The molecular weight excluding hydrogens is 392 g/mol. The molecule has 0 radical (unpaired) electrons. The van der Waals surface area contributed by atoms with Crippen molar-refractivity contribution in [3.05, 3.63) is 77.9 Å². The first-order valence-electron chi connectivity index (χ1n) is 8.23. The molecule has 9 heteroatoms. The third kappa shape index (κ3) is 5.41. The highest BCUT2D eigenvalue weighted by atomic mass is 32.2. The number of anilines is 2. The molecule has 7 nitrogen and oxygen atoms in total. The summed E-state index contributed by atoms with van der Waals surface area (Å²) in [5, 5.41) is 6.99. The number of nitrogens with two attached hydrogens (primary N) is 1. The van der Waals surface area contributed by atoms with E-state index in [-0.39, 0.29) is 5.91 Å². The van der Waals surface area contributed by atoms with Crippen LogP contribution < -0.4 is 16.4 Å². The molecule has 1 aromatic heterocycles. The quantitative estimate of drug-likeness (QED) is 0.624. The molecule has 0 bridgehead atoms. The van der Waals surface area contributed by atoms with Crippen molar-refractivity contribution in [2.24, 2.45) is 10.7 Å². The number of carbonyl (C=O) groups is 1. The van der Waals surface area contributed by atoms with Crippen LogP contribution in [-0.4, -0.2) is 21.0 Å². The minimum Gasteiger partial charge on any atom is -0.385 e. The summed E-state index contributed by atoms with van der Waals surface area (Å²) < 4.78 is 3.94. The van der Waals surface area contributed by atoms with Gasteiger partial charge in [0.1, 0.15) is 12.1 Å². The lowest BCUT2D eigenvalue weighted by Crippen LogP contribution is -2.16. The third-order valence-corrected chi connectivity index (χ3v) is 4.87. The fourth-order valence-electron chi connectivity index (χ4n) is 2.31. The van der Waals surface area contributed by atoms with Crippen LogP contribution in [0.3, 0.4) is 0 Å². The van der Waals surface area contributed by atoms with E-state index < -0.39 is 0 Å². The number of hydrogen-bond donors (Lipinski definition) is 3. The number of aliphatic imine (C=N–C) groups is 1. The van der Waals surface area contributed by atoms with Gasteiger partial charge in [-0.25, -0.2) is 9.98 Å². The molecule has 0 saturated heterocycles. The normalized spacial score (nSPS) is 16.1. The molecular formula is C19H18N6OS2. The summed E-state index contributed by atoms with van der Waals surface area (Å²) in [5.41, 5.74) is 8.38. The molecule has 0 aliphatic heterocycles. The van der Waals surface area contributed by atoms with E-state index in [0.717, 1.165) is 16.2 Å². The maximum absolute atomic E-state index is 11.1. The van der Waals surface area contributed by atoms with Crippen LogP contribution in [0, 0.1) is 0 Å².